The minimum absolute atomic E-state index is 0.0788. The number of aromatic nitrogens is 1. The summed E-state index contributed by atoms with van der Waals surface area (Å²) in [4.78, 5) is 16.3. The summed E-state index contributed by atoms with van der Waals surface area (Å²) in [5.74, 6) is 0.732. The third-order valence-electron chi connectivity index (χ3n) is 3.97. The van der Waals surface area contributed by atoms with E-state index < -0.39 is 5.91 Å². The van der Waals surface area contributed by atoms with Crippen LogP contribution in [0.25, 0.3) is 0 Å². The molecule has 2 aromatic rings. The van der Waals surface area contributed by atoms with E-state index in [4.69, 9.17) is 18.9 Å². The molecule has 0 radical (unpaired) electrons. The van der Waals surface area contributed by atoms with E-state index >= 15 is 0 Å². The van der Waals surface area contributed by atoms with Crippen LogP contribution in [-0.2, 0) is 16.1 Å². The normalized spacial score (nSPS) is 10.4. The monoisotopic (exact) mass is 438 g/mol. The fraction of sp³-hybridized carbons (Fsp3) is 0.304. The van der Waals surface area contributed by atoms with Gasteiger partial charge in [-0.3, -0.25) is 4.79 Å². The van der Waals surface area contributed by atoms with Gasteiger partial charge in [0, 0.05) is 18.4 Å². The van der Waals surface area contributed by atoms with E-state index in [2.05, 4.69) is 22.1 Å². The Hall–Kier alpha value is -3.90. The lowest BCUT2D eigenvalue weighted by atomic mass is 10.1. The summed E-state index contributed by atoms with van der Waals surface area (Å²) in [6.07, 6.45) is 3.12. The number of methoxy groups -OCH3 is 1. The number of carbonyl (C=O) groups excluding carboxylic acids is 1. The van der Waals surface area contributed by atoms with E-state index in [1.54, 1.807) is 37.3 Å². The van der Waals surface area contributed by atoms with Crippen LogP contribution in [0.15, 0.2) is 42.0 Å². The molecule has 9 heteroatoms. The zero-order valence-corrected chi connectivity index (χ0v) is 18.4. The average molecular weight is 438 g/mol. The van der Waals surface area contributed by atoms with Gasteiger partial charge in [-0.15, -0.1) is 0 Å². The number of hydrogen-bond acceptors (Lipinski definition) is 8. The highest BCUT2D eigenvalue weighted by atomic mass is 16.5. The molecule has 0 unspecified atom stereocenters. The Morgan fingerprint density at radius 1 is 1.28 bits per heavy atom. The van der Waals surface area contributed by atoms with E-state index in [0.717, 1.165) is 0 Å². The number of aryl methyl sites for hydroxylation is 1. The summed E-state index contributed by atoms with van der Waals surface area (Å²) in [6, 6.07) is 9.07. The van der Waals surface area contributed by atoms with Gasteiger partial charge in [-0.1, -0.05) is 12.7 Å². The van der Waals surface area contributed by atoms with E-state index in [-0.39, 0.29) is 24.7 Å². The van der Waals surface area contributed by atoms with Crippen molar-refractivity contribution in [3.63, 3.8) is 0 Å². The van der Waals surface area contributed by atoms with E-state index in [9.17, 15) is 10.1 Å². The van der Waals surface area contributed by atoms with Gasteiger partial charge in [0.05, 0.1) is 19.4 Å². The quantitative estimate of drug-likeness (QED) is 0.308. The Morgan fingerprint density at radius 2 is 2.09 bits per heavy atom. The lowest BCUT2D eigenvalue weighted by molar-refractivity contribution is -0.123. The van der Waals surface area contributed by atoms with Crippen molar-refractivity contribution < 1.29 is 23.7 Å². The number of ether oxygens (including phenoxy) is 4. The maximum atomic E-state index is 12.1. The molecule has 0 bridgehead atoms. The number of nitrogens with one attached hydrogen (secondary N) is 1. The highest BCUT2D eigenvalue weighted by Gasteiger charge is 2.14. The van der Waals surface area contributed by atoms with Gasteiger partial charge in [-0.2, -0.15) is 10.4 Å². The standard InChI is InChI=1S/C23H26N4O5/c1-5-9-31-20-8-7-17(11-21(20)30-6-2)13-25-27-22(28)15-32-23-19(12-24)18(14-29-4)10-16(3)26-23/h5,7-8,10-11,13H,1,6,9,14-15H2,2-4H3,(H,27,28)/b25-13+. The van der Waals surface area contributed by atoms with Gasteiger partial charge in [-0.25, -0.2) is 10.4 Å². The van der Waals surface area contributed by atoms with Crippen molar-refractivity contribution in [1.29, 1.82) is 5.26 Å². The Morgan fingerprint density at radius 3 is 2.78 bits per heavy atom. The Balaban J connectivity index is 1.99. The number of carbonyl (C=O) groups is 1. The zero-order valence-electron chi connectivity index (χ0n) is 18.4. The molecule has 0 fully saturated rings. The maximum Gasteiger partial charge on any atom is 0.278 e. The van der Waals surface area contributed by atoms with Crippen LogP contribution in [0.1, 0.15) is 29.3 Å². The van der Waals surface area contributed by atoms with Crippen LogP contribution in [0.4, 0.5) is 0 Å². The topological polar surface area (TPSA) is 115 Å². The fourth-order valence-electron chi connectivity index (χ4n) is 2.69. The van der Waals surface area contributed by atoms with Crippen molar-refractivity contribution in [1.82, 2.24) is 10.4 Å². The third kappa shape index (κ3) is 7.11. The van der Waals surface area contributed by atoms with Gasteiger partial charge in [0.2, 0.25) is 5.88 Å². The Bertz CT molecular complexity index is 1010. The Kier molecular flexibility index (Phi) is 9.69. The van der Waals surface area contributed by atoms with Crippen LogP contribution >= 0.6 is 0 Å². The molecule has 1 aromatic heterocycles. The second-order valence-corrected chi connectivity index (χ2v) is 6.47. The molecule has 32 heavy (non-hydrogen) atoms. The number of rotatable bonds is 12. The number of amides is 1. The van der Waals surface area contributed by atoms with Crippen LogP contribution in [0.2, 0.25) is 0 Å². The molecule has 0 spiro atoms. The first-order valence-corrected chi connectivity index (χ1v) is 9.87. The summed E-state index contributed by atoms with van der Waals surface area (Å²) in [5, 5.41) is 13.3. The number of nitrogens with zero attached hydrogens (tertiary/aromatic N) is 3. The molecular formula is C23H26N4O5. The smallest absolute Gasteiger partial charge is 0.278 e. The second kappa shape index (κ2) is 12.7. The first-order chi connectivity index (χ1) is 15.5. The highest BCUT2D eigenvalue weighted by molar-refractivity contribution is 5.83. The molecule has 1 aromatic carbocycles. The molecule has 1 heterocycles. The van der Waals surface area contributed by atoms with E-state index in [0.29, 0.717) is 41.5 Å². The molecule has 0 saturated carbocycles. The summed E-state index contributed by atoms with van der Waals surface area (Å²) in [6.45, 7) is 7.98. The lowest BCUT2D eigenvalue weighted by Gasteiger charge is -2.11. The number of hydrazone groups is 1. The van der Waals surface area contributed by atoms with Crippen LogP contribution in [0.3, 0.4) is 0 Å². The predicted octanol–water partition coefficient (Wildman–Crippen LogP) is 2.90. The van der Waals surface area contributed by atoms with E-state index in [1.807, 2.05) is 13.0 Å². The number of nitriles is 1. The van der Waals surface area contributed by atoms with Crippen molar-refractivity contribution in [3.05, 3.63) is 59.3 Å². The molecule has 9 nitrogen and oxygen atoms in total. The van der Waals surface area contributed by atoms with E-state index in [1.165, 1.54) is 13.3 Å². The molecule has 2 rings (SSSR count). The number of benzene rings is 1. The van der Waals surface area contributed by atoms with Crippen LogP contribution in [0, 0.1) is 18.3 Å². The predicted molar refractivity (Wildman–Crippen MR) is 119 cm³/mol. The minimum atomic E-state index is -0.502. The van der Waals surface area contributed by atoms with Crippen molar-refractivity contribution in [2.45, 2.75) is 20.5 Å². The third-order valence-corrected chi connectivity index (χ3v) is 3.97. The number of pyridine rings is 1. The van der Waals surface area contributed by atoms with Crippen LogP contribution in [-0.4, -0.2) is 44.0 Å². The van der Waals surface area contributed by atoms with Gasteiger partial charge in [-0.05, 0) is 43.7 Å². The zero-order chi connectivity index (χ0) is 23.3. The lowest BCUT2D eigenvalue weighted by Crippen LogP contribution is -2.25. The molecule has 0 aliphatic carbocycles. The first-order valence-electron chi connectivity index (χ1n) is 9.87. The molecule has 0 aliphatic heterocycles. The second-order valence-electron chi connectivity index (χ2n) is 6.47. The molecule has 1 amide bonds. The van der Waals surface area contributed by atoms with Gasteiger partial charge >= 0.3 is 0 Å². The largest absolute Gasteiger partial charge is 0.490 e. The summed E-state index contributed by atoms with van der Waals surface area (Å²) < 4.78 is 21.7. The minimum Gasteiger partial charge on any atom is -0.490 e. The highest BCUT2D eigenvalue weighted by Crippen LogP contribution is 2.28. The summed E-state index contributed by atoms with van der Waals surface area (Å²) in [7, 11) is 1.53. The van der Waals surface area contributed by atoms with Gasteiger partial charge < -0.3 is 18.9 Å². The number of hydrogen-bond donors (Lipinski definition) is 1. The van der Waals surface area contributed by atoms with Crippen molar-refractivity contribution in [3.8, 4) is 23.4 Å². The Labute approximate surface area is 187 Å². The van der Waals surface area contributed by atoms with Gasteiger partial charge in [0.15, 0.2) is 18.1 Å². The van der Waals surface area contributed by atoms with Crippen molar-refractivity contribution in [2.24, 2.45) is 5.10 Å². The molecular weight excluding hydrogens is 412 g/mol. The molecule has 168 valence electrons. The molecule has 0 saturated heterocycles. The maximum absolute atomic E-state index is 12.1. The fourth-order valence-corrected chi connectivity index (χ4v) is 2.69. The molecule has 0 aliphatic rings. The molecule has 1 N–H and O–H groups in total. The SMILES string of the molecule is C=CCOc1ccc(/C=N/NC(=O)COc2nc(C)cc(COC)c2C#N)cc1OCC. The average Bonchev–Trinajstić information content (AvgIpc) is 2.77. The van der Waals surface area contributed by atoms with Crippen LogP contribution < -0.4 is 19.6 Å². The molecule has 0 atom stereocenters. The van der Waals surface area contributed by atoms with Gasteiger partial charge in [0.1, 0.15) is 18.2 Å². The summed E-state index contributed by atoms with van der Waals surface area (Å²) in [5.41, 5.74) is 4.60. The van der Waals surface area contributed by atoms with Crippen molar-refractivity contribution >= 4 is 12.1 Å². The summed E-state index contributed by atoms with van der Waals surface area (Å²) >= 11 is 0. The van der Waals surface area contributed by atoms with Crippen molar-refractivity contribution in [2.75, 3.05) is 26.9 Å². The van der Waals surface area contributed by atoms with Gasteiger partial charge in [0.25, 0.3) is 5.91 Å². The van der Waals surface area contributed by atoms with Crippen LogP contribution in [0.5, 0.6) is 17.4 Å². The first kappa shape index (κ1) is 24.4.